The Kier molecular flexibility index (Phi) is 4.80. The number of nitrogens with one attached hydrogen (secondary N) is 1. The molecule has 4 nitrogen and oxygen atoms in total. The van der Waals surface area contributed by atoms with Crippen LogP contribution in [-0.2, 0) is 7.05 Å². The van der Waals surface area contributed by atoms with Crippen LogP contribution in [-0.4, -0.2) is 21.3 Å². The van der Waals surface area contributed by atoms with Crippen LogP contribution in [0.2, 0.25) is 10.0 Å². The van der Waals surface area contributed by atoms with Gasteiger partial charge in [-0.3, -0.25) is 9.67 Å². The molecule has 2 heterocycles. The lowest BCUT2D eigenvalue weighted by molar-refractivity contribution is 0.544. The van der Waals surface area contributed by atoms with Gasteiger partial charge in [0.05, 0.1) is 27.5 Å². The first-order valence-corrected chi connectivity index (χ1v) is 6.91. The molecule has 1 unspecified atom stereocenters. The summed E-state index contributed by atoms with van der Waals surface area (Å²) in [6, 6.07) is 3.58. The Hall–Kier alpha value is -1.10. The van der Waals surface area contributed by atoms with Gasteiger partial charge in [-0.15, -0.1) is 0 Å². The third-order valence-corrected chi connectivity index (χ3v) is 3.37. The third kappa shape index (κ3) is 3.26. The molecule has 2 rings (SSSR count). The first kappa shape index (κ1) is 14.3. The maximum atomic E-state index is 6.26. The van der Waals surface area contributed by atoms with E-state index in [1.807, 2.05) is 17.8 Å². The molecule has 1 atom stereocenters. The molecule has 19 heavy (non-hydrogen) atoms. The second-order valence-corrected chi connectivity index (χ2v) is 5.13. The average Bonchev–Trinajstić information content (AvgIpc) is 2.78. The summed E-state index contributed by atoms with van der Waals surface area (Å²) >= 11 is 12.2. The van der Waals surface area contributed by atoms with Gasteiger partial charge in [-0.05, 0) is 25.1 Å². The van der Waals surface area contributed by atoms with Crippen molar-refractivity contribution < 1.29 is 0 Å². The van der Waals surface area contributed by atoms with Crippen molar-refractivity contribution in [3.05, 3.63) is 46.0 Å². The summed E-state index contributed by atoms with van der Waals surface area (Å²) < 4.78 is 1.82. The first-order chi connectivity index (χ1) is 9.13. The molecule has 1 N–H and O–H groups in total. The van der Waals surface area contributed by atoms with Gasteiger partial charge in [0.25, 0.3) is 0 Å². The van der Waals surface area contributed by atoms with E-state index in [-0.39, 0.29) is 6.04 Å². The van der Waals surface area contributed by atoms with Crippen LogP contribution >= 0.6 is 23.2 Å². The summed E-state index contributed by atoms with van der Waals surface area (Å²) in [5, 5.41) is 8.73. The predicted octanol–water partition coefficient (Wildman–Crippen LogP) is 3.21. The highest BCUT2D eigenvalue weighted by molar-refractivity contribution is 6.34. The van der Waals surface area contributed by atoms with Gasteiger partial charge in [0, 0.05) is 19.4 Å². The highest BCUT2D eigenvalue weighted by Crippen LogP contribution is 2.28. The van der Waals surface area contributed by atoms with E-state index < -0.39 is 0 Å². The Labute approximate surface area is 122 Å². The largest absolute Gasteiger partial charge is 0.304 e. The lowest BCUT2D eigenvalue weighted by Crippen LogP contribution is -2.26. The summed E-state index contributed by atoms with van der Waals surface area (Å²) in [6.07, 6.45) is 4.40. The molecule has 0 fully saturated rings. The van der Waals surface area contributed by atoms with Gasteiger partial charge in [0.2, 0.25) is 0 Å². The second kappa shape index (κ2) is 6.37. The second-order valence-electron chi connectivity index (χ2n) is 4.29. The fraction of sp³-hybridized carbons (Fsp3) is 0.385. The summed E-state index contributed by atoms with van der Waals surface area (Å²) in [5.74, 6) is 0. The van der Waals surface area contributed by atoms with Gasteiger partial charge in [0.15, 0.2) is 0 Å². The number of rotatable bonds is 5. The number of aromatic nitrogens is 3. The van der Waals surface area contributed by atoms with Crippen molar-refractivity contribution in [2.24, 2.45) is 7.05 Å². The minimum Gasteiger partial charge on any atom is -0.304 e. The molecule has 0 spiro atoms. The number of hydrogen-bond donors (Lipinski definition) is 1. The van der Waals surface area contributed by atoms with Crippen LogP contribution in [0.4, 0.5) is 0 Å². The van der Waals surface area contributed by atoms with E-state index in [1.54, 1.807) is 18.5 Å². The molecule has 0 saturated heterocycles. The standard InChI is InChI=1S/C13H16Cl2N4/c1-3-5-16-13(11-4-6-18-19(11)2)12-10(15)7-9(14)8-17-12/h4,6-8,13,16H,3,5H2,1-2H3. The molecular formula is C13H16Cl2N4. The molecule has 6 heteroatoms. The van der Waals surface area contributed by atoms with Crippen molar-refractivity contribution in [3.8, 4) is 0 Å². The Morgan fingerprint density at radius 3 is 2.79 bits per heavy atom. The summed E-state index contributed by atoms with van der Waals surface area (Å²) in [7, 11) is 1.90. The van der Waals surface area contributed by atoms with Crippen LogP contribution in [0.15, 0.2) is 24.5 Å². The zero-order chi connectivity index (χ0) is 13.8. The van der Waals surface area contributed by atoms with Crippen molar-refractivity contribution >= 4 is 23.2 Å². The zero-order valence-corrected chi connectivity index (χ0v) is 12.4. The fourth-order valence-electron chi connectivity index (χ4n) is 1.93. The van der Waals surface area contributed by atoms with Crippen LogP contribution in [0.5, 0.6) is 0 Å². The average molecular weight is 299 g/mol. The predicted molar refractivity (Wildman–Crippen MR) is 77.6 cm³/mol. The Morgan fingerprint density at radius 2 is 2.21 bits per heavy atom. The van der Waals surface area contributed by atoms with E-state index in [0.717, 1.165) is 24.4 Å². The smallest absolute Gasteiger partial charge is 0.0937 e. The molecule has 0 radical (unpaired) electrons. The van der Waals surface area contributed by atoms with Crippen LogP contribution in [0.3, 0.4) is 0 Å². The molecule has 102 valence electrons. The molecule has 0 amide bonds. The van der Waals surface area contributed by atoms with Crippen molar-refractivity contribution in [1.82, 2.24) is 20.1 Å². The maximum absolute atomic E-state index is 6.26. The van der Waals surface area contributed by atoms with Gasteiger partial charge in [0.1, 0.15) is 0 Å². The van der Waals surface area contributed by atoms with E-state index in [2.05, 4.69) is 22.3 Å². The van der Waals surface area contributed by atoms with Crippen LogP contribution < -0.4 is 5.32 Å². The number of aryl methyl sites for hydroxylation is 1. The molecule has 0 bridgehead atoms. The highest BCUT2D eigenvalue weighted by atomic mass is 35.5. The minimum atomic E-state index is -0.0859. The SMILES string of the molecule is CCCNC(c1ncc(Cl)cc1Cl)c1ccnn1C. The third-order valence-electron chi connectivity index (χ3n) is 2.86. The number of nitrogens with zero attached hydrogens (tertiary/aromatic N) is 3. The maximum Gasteiger partial charge on any atom is 0.0937 e. The Bertz CT molecular complexity index is 553. The molecule has 2 aromatic heterocycles. The monoisotopic (exact) mass is 298 g/mol. The van der Waals surface area contributed by atoms with Crippen molar-refractivity contribution in [2.45, 2.75) is 19.4 Å². The van der Waals surface area contributed by atoms with Crippen LogP contribution in [0.25, 0.3) is 0 Å². The topological polar surface area (TPSA) is 42.7 Å². The van der Waals surface area contributed by atoms with Gasteiger partial charge in [-0.25, -0.2) is 0 Å². The summed E-state index contributed by atoms with van der Waals surface area (Å²) in [4.78, 5) is 4.36. The van der Waals surface area contributed by atoms with Gasteiger partial charge >= 0.3 is 0 Å². The molecule has 0 saturated carbocycles. The molecule has 0 aliphatic rings. The van der Waals surface area contributed by atoms with Gasteiger partial charge < -0.3 is 5.32 Å². The Balaban J connectivity index is 2.40. The fourth-order valence-corrected chi connectivity index (χ4v) is 2.42. The summed E-state index contributed by atoms with van der Waals surface area (Å²) in [5.41, 5.74) is 1.79. The Morgan fingerprint density at radius 1 is 1.42 bits per heavy atom. The minimum absolute atomic E-state index is 0.0859. The lowest BCUT2D eigenvalue weighted by Gasteiger charge is -2.19. The molecule has 0 aromatic carbocycles. The van der Waals surface area contributed by atoms with E-state index in [4.69, 9.17) is 23.2 Å². The van der Waals surface area contributed by atoms with E-state index in [1.165, 1.54) is 0 Å². The summed E-state index contributed by atoms with van der Waals surface area (Å²) in [6.45, 7) is 2.99. The van der Waals surface area contributed by atoms with E-state index >= 15 is 0 Å². The van der Waals surface area contributed by atoms with Crippen LogP contribution in [0, 0.1) is 0 Å². The number of pyridine rings is 1. The quantitative estimate of drug-likeness (QED) is 0.922. The van der Waals surface area contributed by atoms with Gasteiger partial charge in [-0.1, -0.05) is 30.1 Å². The highest BCUT2D eigenvalue weighted by Gasteiger charge is 2.20. The lowest BCUT2D eigenvalue weighted by atomic mass is 10.1. The van der Waals surface area contributed by atoms with Crippen molar-refractivity contribution in [1.29, 1.82) is 0 Å². The van der Waals surface area contributed by atoms with E-state index in [9.17, 15) is 0 Å². The normalized spacial score (nSPS) is 12.6. The number of hydrogen-bond acceptors (Lipinski definition) is 3. The van der Waals surface area contributed by atoms with Gasteiger partial charge in [-0.2, -0.15) is 5.10 Å². The van der Waals surface area contributed by atoms with Crippen molar-refractivity contribution in [3.63, 3.8) is 0 Å². The van der Waals surface area contributed by atoms with E-state index in [0.29, 0.717) is 10.0 Å². The van der Waals surface area contributed by atoms with Crippen molar-refractivity contribution in [2.75, 3.05) is 6.54 Å². The zero-order valence-electron chi connectivity index (χ0n) is 10.9. The molecule has 0 aliphatic heterocycles. The van der Waals surface area contributed by atoms with Crippen LogP contribution in [0.1, 0.15) is 30.8 Å². The molecule has 0 aliphatic carbocycles. The number of halogens is 2. The first-order valence-electron chi connectivity index (χ1n) is 6.15. The molecule has 2 aromatic rings. The molecular weight excluding hydrogens is 283 g/mol.